The lowest BCUT2D eigenvalue weighted by Gasteiger charge is -2.14. The molecule has 3 rings (SSSR count). The third kappa shape index (κ3) is 2.46. The maximum Gasteiger partial charge on any atom is 0.121 e. The molecule has 0 aromatic heterocycles. The van der Waals surface area contributed by atoms with Crippen molar-refractivity contribution in [3.05, 3.63) is 23.8 Å². The number of nitrogens with zero attached hydrogens (tertiary/aromatic N) is 1. The molecule has 0 amide bonds. The molecule has 3 nitrogen and oxygen atoms in total. The molecule has 1 unspecified atom stereocenters. The van der Waals surface area contributed by atoms with Crippen LogP contribution in [0, 0.1) is 5.92 Å². The molecule has 18 heavy (non-hydrogen) atoms. The maximum absolute atomic E-state index is 5.94. The highest BCUT2D eigenvalue weighted by atomic mass is 16.5. The summed E-state index contributed by atoms with van der Waals surface area (Å²) < 4.78 is 5.94. The molecule has 0 saturated carbocycles. The van der Waals surface area contributed by atoms with Crippen molar-refractivity contribution in [3.63, 3.8) is 0 Å². The number of hydrogen-bond acceptors (Lipinski definition) is 3. The van der Waals surface area contributed by atoms with Crippen LogP contribution in [-0.4, -0.2) is 37.7 Å². The Morgan fingerprint density at radius 1 is 1.44 bits per heavy atom. The summed E-state index contributed by atoms with van der Waals surface area (Å²) >= 11 is 0. The molecule has 0 radical (unpaired) electrons. The molecular weight excluding hydrogens is 224 g/mol. The summed E-state index contributed by atoms with van der Waals surface area (Å²) in [6.07, 6.45) is 2.42. The zero-order valence-electron chi connectivity index (χ0n) is 11.1. The molecule has 1 saturated heterocycles. The minimum Gasteiger partial charge on any atom is -0.493 e. The van der Waals surface area contributed by atoms with E-state index in [2.05, 4.69) is 35.3 Å². The predicted molar refractivity (Wildman–Crippen MR) is 74.4 cm³/mol. The van der Waals surface area contributed by atoms with Crippen molar-refractivity contribution in [2.45, 2.75) is 19.8 Å². The van der Waals surface area contributed by atoms with Gasteiger partial charge in [0.1, 0.15) is 5.75 Å². The second-order valence-corrected chi connectivity index (χ2v) is 5.35. The lowest BCUT2D eigenvalue weighted by Crippen LogP contribution is -2.21. The summed E-state index contributed by atoms with van der Waals surface area (Å²) in [6, 6.07) is 6.45. The van der Waals surface area contributed by atoms with Crippen LogP contribution in [0.1, 0.15) is 18.9 Å². The van der Waals surface area contributed by atoms with E-state index in [1.807, 2.05) is 0 Å². The van der Waals surface area contributed by atoms with Crippen LogP contribution in [0.3, 0.4) is 0 Å². The Hall–Kier alpha value is -1.22. The average molecular weight is 246 g/mol. The molecule has 0 spiro atoms. The highest BCUT2D eigenvalue weighted by molar-refractivity contribution is 5.58. The Bertz CT molecular complexity index is 419. The van der Waals surface area contributed by atoms with Crippen LogP contribution in [0.25, 0.3) is 0 Å². The fourth-order valence-corrected chi connectivity index (χ4v) is 2.91. The van der Waals surface area contributed by atoms with Crippen molar-refractivity contribution in [3.8, 4) is 5.75 Å². The van der Waals surface area contributed by atoms with Gasteiger partial charge in [-0.1, -0.05) is 13.0 Å². The minimum atomic E-state index is 0.700. The van der Waals surface area contributed by atoms with Gasteiger partial charge in [0.05, 0.1) is 6.61 Å². The average Bonchev–Trinajstić information content (AvgIpc) is 3.04. The first-order valence-corrected chi connectivity index (χ1v) is 7.07. The lowest BCUT2D eigenvalue weighted by molar-refractivity contribution is 0.243. The lowest BCUT2D eigenvalue weighted by atomic mass is 10.1. The van der Waals surface area contributed by atoms with E-state index < -0.39 is 0 Å². The van der Waals surface area contributed by atoms with E-state index in [1.165, 1.54) is 37.3 Å². The Morgan fingerprint density at radius 2 is 2.39 bits per heavy atom. The van der Waals surface area contributed by atoms with Crippen LogP contribution < -0.4 is 10.1 Å². The second kappa shape index (κ2) is 5.19. The number of likely N-dealkylation sites (tertiary alicyclic amines) is 1. The zero-order chi connectivity index (χ0) is 12.4. The molecular formula is C15H22N2O. The van der Waals surface area contributed by atoms with Crippen molar-refractivity contribution >= 4 is 5.69 Å². The van der Waals surface area contributed by atoms with Crippen molar-refractivity contribution in [2.24, 2.45) is 5.92 Å². The van der Waals surface area contributed by atoms with Crippen LogP contribution in [-0.2, 0) is 6.42 Å². The molecule has 98 valence electrons. The summed E-state index contributed by atoms with van der Waals surface area (Å²) in [6.45, 7) is 7.74. The quantitative estimate of drug-likeness (QED) is 0.882. The number of fused-ring (bicyclic) bond motifs is 1. The maximum atomic E-state index is 5.94. The molecule has 3 heteroatoms. The Balaban J connectivity index is 1.54. The highest BCUT2D eigenvalue weighted by Crippen LogP contribution is 2.27. The Morgan fingerprint density at radius 3 is 3.22 bits per heavy atom. The van der Waals surface area contributed by atoms with Crippen LogP contribution in [0.15, 0.2) is 18.2 Å². The first kappa shape index (κ1) is 11.8. The SMILES string of the molecule is CCN1CCC(COc2ccc3c(c2)NCC3)C1. The largest absolute Gasteiger partial charge is 0.493 e. The fraction of sp³-hybridized carbons (Fsp3) is 0.600. The monoisotopic (exact) mass is 246 g/mol. The number of benzene rings is 1. The fourth-order valence-electron chi connectivity index (χ4n) is 2.91. The topological polar surface area (TPSA) is 24.5 Å². The number of nitrogens with one attached hydrogen (secondary N) is 1. The van der Waals surface area contributed by atoms with E-state index in [0.717, 1.165) is 25.3 Å². The van der Waals surface area contributed by atoms with Gasteiger partial charge in [-0.05, 0) is 37.6 Å². The van der Waals surface area contributed by atoms with E-state index in [4.69, 9.17) is 4.74 Å². The molecule has 0 bridgehead atoms. The summed E-state index contributed by atoms with van der Waals surface area (Å²) in [5, 5.41) is 3.40. The second-order valence-electron chi connectivity index (χ2n) is 5.35. The van der Waals surface area contributed by atoms with Crippen molar-refractivity contribution in [1.82, 2.24) is 4.90 Å². The summed E-state index contributed by atoms with van der Waals surface area (Å²) in [5.74, 6) is 1.71. The smallest absolute Gasteiger partial charge is 0.121 e. The van der Waals surface area contributed by atoms with Gasteiger partial charge in [0.2, 0.25) is 0 Å². The number of hydrogen-bond donors (Lipinski definition) is 1. The van der Waals surface area contributed by atoms with Gasteiger partial charge in [-0.2, -0.15) is 0 Å². The van der Waals surface area contributed by atoms with Crippen LogP contribution in [0.4, 0.5) is 5.69 Å². The molecule has 1 fully saturated rings. The third-order valence-electron chi connectivity index (χ3n) is 4.09. The van der Waals surface area contributed by atoms with Gasteiger partial charge >= 0.3 is 0 Å². The molecule has 0 aliphatic carbocycles. The molecule has 2 heterocycles. The van der Waals surface area contributed by atoms with Crippen molar-refractivity contribution in [1.29, 1.82) is 0 Å². The number of ether oxygens (including phenoxy) is 1. The molecule has 2 aliphatic rings. The zero-order valence-corrected chi connectivity index (χ0v) is 11.1. The van der Waals surface area contributed by atoms with Gasteiger partial charge in [-0.15, -0.1) is 0 Å². The molecule has 2 aliphatic heterocycles. The van der Waals surface area contributed by atoms with Gasteiger partial charge in [0.15, 0.2) is 0 Å². The normalized spacial score (nSPS) is 22.8. The van der Waals surface area contributed by atoms with Crippen LogP contribution in [0.5, 0.6) is 5.75 Å². The minimum absolute atomic E-state index is 0.700. The van der Waals surface area contributed by atoms with Gasteiger partial charge in [-0.3, -0.25) is 0 Å². The van der Waals surface area contributed by atoms with E-state index in [0.29, 0.717) is 5.92 Å². The standard InChI is InChI=1S/C15H22N2O/c1-2-17-8-6-12(10-17)11-18-14-4-3-13-5-7-16-15(13)9-14/h3-4,9,12,16H,2,5-8,10-11H2,1H3. The van der Waals surface area contributed by atoms with Crippen LogP contribution in [0.2, 0.25) is 0 Å². The van der Waals surface area contributed by atoms with Crippen LogP contribution >= 0.6 is 0 Å². The first-order valence-electron chi connectivity index (χ1n) is 7.07. The predicted octanol–water partition coefficient (Wildman–Crippen LogP) is 2.38. The Labute approximate surface area is 109 Å². The molecule has 1 N–H and O–H groups in total. The summed E-state index contributed by atoms with van der Waals surface area (Å²) in [7, 11) is 0. The highest BCUT2D eigenvalue weighted by Gasteiger charge is 2.21. The van der Waals surface area contributed by atoms with Crippen molar-refractivity contribution in [2.75, 3.05) is 38.1 Å². The molecule has 1 atom stereocenters. The van der Waals surface area contributed by atoms with E-state index in [9.17, 15) is 0 Å². The number of rotatable bonds is 4. The van der Waals surface area contributed by atoms with Gasteiger partial charge in [0, 0.05) is 30.8 Å². The Kier molecular flexibility index (Phi) is 3.41. The van der Waals surface area contributed by atoms with E-state index in [1.54, 1.807) is 0 Å². The van der Waals surface area contributed by atoms with Gasteiger partial charge in [-0.25, -0.2) is 0 Å². The molecule has 1 aromatic rings. The van der Waals surface area contributed by atoms with Gasteiger partial charge in [0.25, 0.3) is 0 Å². The molecule has 1 aromatic carbocycles. The third-order valence-corrected chi connectivity index (χ3v) is 4.09. The summed E-state index contributed by atoms with van der Waals surface area (Å²) in [4.78, 5) is 2.50. The van der Waals surface area contributed by atoms with E-state index in [-0.39, 0.29) is 0 Å². The summed E-state index contributed by atoms with van der Waals surface area (Å²) in [5.41, 5.74) is 2.68. The number of anilines is 1. The first-order chi connectivity index (χ1) is 8.85. The van der Waals surface area contributed by atoms with E-state index >= 15 is 0 Å². The van der Waals surface area contributed by atoms with Crippen molar-refractivity contribution < 1.29 is 4.74 Å². The van der Waals surface area contributed by atoms with Gasteiger partial charge < -0.3 is 15.0 Å².